The second-order valence-corrected chi connectivity index (χ2v) is 6.60. The molecule has 1 amide bonds. The molecule has 0 aliphatic rings. The zero-order valence-corrected chi connectivity index (χ0v) is 15.1. The van der Waals surface area contributed by atoms with E-state index in [4.69, 9.17) is 0 Å². The van der Waals surface area contributed by atoms with Gasteiger partial charge in [-0.25, -0.2) is 9.37 Å². The third-order valence-corrected chi connectivity index (χ3v) is 4.70. The zero-order valence-electron chi connectivity index (χ0n) is 14.3. The lowest BCUT2D eigenvalue weighted by Crippen LogP contribution is -2.26. The number of rotatable bonds is 6. The number of hydrogen-bond acceptors (Lipinski definition) is 4. The number of carbonyl (C=O) groups excluding carboxylic acids is 1. The lowest BCUT2D eigenvalue weighted by molar-refractivity contribution is -0.117. The minimum absolute atomic E-state index is 0.212. The summed E-state index contributed by atoms with van der Waals surface area (Å²) < 4.78 is 13.6. The van der Waals surface area contributed by atoms with Crippen LogP contribution in [-0.4, -0.2) is 22.4 Å². The minimum atomic E-state index is -0.343. The van der Waals surface area contributed by atoms with Crippen molar-refractivity contribution in [1.82, 2.24) is 15.3 Å². The number of pyridine rings is 1. The van der Waals surface area contributed by atoms with Crippen LogP contribution < -0.4 is 5.32 Å². The van der Waals surface area contributed by atoms with Crippen LogP contribution in [0, 0.1) is 5.82 Å². The standard InChI is InChI=1S/C20H18FN3OS/c1-14(11-15-5-2-3-7-18(15)21)19(25)23-10-8-17-13-26-20(24-17)16-6-4-9-22-12-16/h2-7,9,11-13H,8,10H2,1H3,(H,23,25)/b14-11+. The van der Waals surface area contributed by atoms with Crippen LogP contribution in [0.2, 0.25) is 0 Å². The van der Waals surface area contributed by atoms with Crippen LogP contribution in [0.25, 0.3) is 16.6 Å². The van der Waals surface area contributed by atoms with E-state index in [0.717, 1.165) is 16.3 Å². The molecule has 132 valence electrons. The first kappa shape index (κ1) is 17.9. The van der Waals surface area contributed by atoms with Crippen LogP contribution in [0.4, 0.5) is 4.39 Å². The largest absolute Gasteiger partial charge is 0.352 e. The normalized spacial score (nSPS) is 11.4. The molecular weight excluding hydrogens is 349 g/mol. The number of amides is 1. The number of hydrogen-bond donors (Lipinski definition) is 1. The Morgan fingerprint density at radius 3 is 2.88 bits per heavy atom. The van der Waals surface area contributed by atoms with Gasteiger partial charge in [0.05, 0.1) is 5.69 Å². The van der Waals surface area contributed by atoms with Gasteiger partial charge >= 0.3 is 0 Å². The van der Waals surface area contributed by atoms with Gasteiger partial charge < -0.3 is 5.32 Å². The third-order valence-electron chi connectivity index (χ3n) is 3.76. The topological polar surface area (TPSA) is 54.9 Å². The highest BCUT2D eigenvalue weighted by molar-refractivity contribution is 7.13. The molecule has 0 aliphatic carbocycles. The summed E-state index contributed by atoms with van der Waals surface area (Å²) in [5, 5.41) is 5.74. The van der Waals surface area contributed by atoms with Crippen molar-refractivity contribution >= 4 is 23.3 Å². The first-order valence-corrected chi connectivity index (χ1v) is 9.07. The molecule has 0 aliphatic heterocycles. The fraction of sp³-hybridized carbons (Fsp3) is 0.150. The van der Waals surface area contributed by atoms with Crippen LogP contribution in [-0.2, 0) is 11.2 Å². The first-order valence-electron chi connectivity index (χ1n) is 8.19. The van der Waals surface area contributed by atoms with Gasteiger partial charge in [0.15, 0.2) is 0 Å². The molecule has 6 heteroatoms. The quantitative estimate of drug-likeness (QED) is 0.667. The molecule has 2 heterocycles. The van der Waals surface area contributed by atoms with Gasteiger partial charge in [0, 0.05) is 47.4 Å². The molecule has 2 aromatic heterocycles. The molecule has 3 aromatic rings. The Morgan fingerprint density at radius 1 is 1.27 bits per heavy atom. The van der Waals surface area contributed by atoms with Crippen LogP contribution in [0.5, 0.6) is 0 Å². The van der Waals surface area contributed by atoms with Crippen molar-refractivity contribution in [1.29, 1.82) is 0 Å². The lowest BCUT2D eigenvalue weighted by atomic mass is 10.1. The summed E-state index contributed by atoms with van der Waals surface area (Å²) in [5.74, 6) is -0.555. The van der Waals surface area contributed by atoms with Gasteiger partial charge in [0.25, 0.3) is 0 Å². The smallest absolute Gasteiger partial charge is 0.246 e. The SMILES string of the molecule is C/C(=C\c1ccccc1F)C(=O)NCCc1csc(-c2cccnc2)n1. The Morgan fingerprint density at radius 2 is 2.12 bits per heavy atom. The molecule has 0 bridgehead atoms. The molecule has 3 rings (SSSR count). The molecule has 1 aromatic carbocycles. The maximum absolute atomic E-state index is 13.6. The fourth-order valence-corrected chi connectivity index (χ4v) is 3.22. The summed E-state index contributed by atoms with van der Waals surface area (Å²) >= 11 is 1.55. The Bertz CT molecular complexity index is 922. The predicted octanol–water partition coefficient (Wildman–Crippen LogP) is 4.11. The monoisotopic (exact) mass is 367 g/mol. The van der Waals surface area contributed by atoms with E-state index >= 15 is 0 Å². The number of benzene rings is 1. The second-order valence-electron chi connectivity index (χ2n) is 5.74. The lowest BCUT2D eigenvalue weighted by Gasteiger charge is -2.05. The molecule has 26 heavy (non-hydrogen) atoms. The zero-order chi connectivity index (χ0) is 18.4. The van der Waals surface area contributed by atoms with E-state index in [0.29, 0.717) is 24.1 Å². The average Bonchev–Trinajstić information content (AvgIpc) is 3.13. The van der Waals surface area contributed by atoms with Crippen LogP contribution in [0.15, 0.2) is 59.7 Å². The highest BCUT2D eigenvalue weighted by atomic mass is 32.1. The number of nitrogens with zero attached hydrogens (tertiary/aromatic N) is 2. The van der Waals surface area contributed by atoms with Crippen LogP contribution in [0.1, 0.15) is 18.2 Å². The maximum atomic E-state index is 13.6. The average molecular weight is 367 g/mol. The van der Waals surface area contributed by atoms with E-state index in [1.54, 1.807) is 54.9 Å². The fourth-order valence-electron chi connectivity index (χ4n) is 2.38. The van der Waals surface area contributed by atoms with Crippen LogP contribution >= 0.6 is 11.3 Å². The second kappa shape index (κ2) is 8.49. The van der Waals surface area contributed by atoms with Gasteiger partial charge in [0.2, 0.25) is 5.91 Å². The number of carbonyl (C=O) groups is 1. The molecule has 0 saturated carbocycles. The van der Waals surface area contributed by atoms with Crippen molar-refractivity contribution in [3.63, 3.8) is 0 Å². The predicted molar refractivity (Wildman–Crippen MR) is 102 cm³/mol. The number of nitrogens with one attached hydrogen (secondary N) is 1. The summed E-state index contributed by atoms with van der Waals surface area (Å²) in [6, 6.07) is 10.2. The van der Waals surface area contributed by atoms with Crippen molar-refractivity contribution in [2.24, 2.45) is 0 Å². The van der Waals surface area contributed by atoms with Gasteiger partial charge in [-0.15, -0.1) is 11.3 Å². The Hall–Kier alpha value is -2.86. The minimum Gasteiger partial charge on any atom is -0.352 e. The van der Waals surface area contributed by atoms with Gasteiger partial charge in [-0.05, 0) is 31.2 Å². The van der Waals surface area contributed by atoms with Crippen molar-refractivity contribution in [2.75, 3.05) is 6.54 Å². The molecule has 0 fully saturated rings. The van der Waals surface area contributed by atoms with Gasteiger partial charge in [-0.3, -0.25) is 9.78 Å². The van der Waals surface area contributed by atoms with E-state index in [1.165, 1.54) is 6.07 Å². The molecule has 0 radical (unpaired) electrons. The number of aromatic nitrogens is 2. The van der Waals surface area contributed by atoms with Crippen molar-refractivity contribution < 1.29 is 9.18 Å². The molecule has 4 nitrogen and oxygen atoms in total. The van der Waals surface area contributed by atoms with Crippen LogP contribution in [0.3, 0.4) is 0 Å². The summed E-state index contributed by atoms with van der Waals surface area (Å²) in [6.45, 7) is 2.14. The van der Waals surface area contributed by atoms with Gasteiger partial charge in [-0.2, -0.15) is 0 Å². The highest BCUT2D eigenvalue weighted by Crippen LogP contribution is 2.22. The molecule has 0 unspecified atom stereocenters. The van der Waals surface area contributed by atoms with E-state index < -0.39 is 0 Å². The van der Waals surface area contributed by atoms with E-state index in [1.807, 2.05) is 17.5 Å². The van der Waals surface area contributed by atoms with E-state index in [-0.39, 0.29) is 11.7 Å². The van der Waals surface area contributed by atoms with Crippen molar-refractivity contribution in [3.05, 3.63) is 76.8 Å². The van der Waals surface area contributed by atoms with Crippen molar-refractivity contribution in [3.8, 4) is 10.6 Å². The Balaban J connectivity index is 1.54. The molecule has 0 saturated heterocycles. The highest BCUT2D eigenvalue weighted by Gasteiger charge is 2.08. The molecule has 1 N–H and O–H groups in total. The number of halogens is 1. The first-order chi connectivity index (χ1) is 12.6. The summed E-state index contributed by atoms with van der Waals surface area (Å²) in [5.41, 5.74) is 2.77. The van der Waals surface area contributed by atoms with E-state index in [2.05, 4.69) is 15.3 Å². The summed E-state index contributed by atoms with van der Waals surface area (Å²) in [6.07, 6.45) is 5.69. The van der Waals surface area contributed by atoms with Gasteiger partial charge in [-0.1, -0.05) is 18.2 Å². The maximum Gasteiger partial charge on any atom is 0.246 e. The molecule has 0 spiro atoms. The molecular formula is C20H18FN3OS. The summed E-state index contributed by atoms with van der Waals surface area (Å²) in [4.78, 5) is 20.8. The summed E-state index contributed by atoms with van der Waals surface area (Å²) in [7, 11) is 0. The Kier molecular flexibility index (Phi) is 5.86. The van der Waals surface area contributed by atoms with Crippen molar-refractivity contribution in [2.45, 2.75) is 13.3 Å². The molecule has 0 atom stereocenters. The third kappa shape index (κ3) is 4.61. The Labute approximate surface area is 155 Å². The van der Waals surface area contributed by atoms with Gasteiger partial charge in [0.1, 0.15) is 10.8 Å². The number of thiazole rings is 1. The van der Waals surface area contributed by atoms with E-state index in [9.17, 15) is 9.18 Å².